The highest BCUT2D eigenvalue weighted by atomic mass is 32.2. The van der Waals surface area contributed by atoms with E-state index >= 15 is 0 Å². The molecule has 1 saturated heterocycles. The Kier molecular flexibility index (Phi) is 7.12. The SMILES string of the molecule is CCNC(=NCCCOC(C)C)N1CCS(=O)(=O)C(C)(C)C1. The van der Waals surface area contributed by atoms with Crippen LogP contribution in [0, 0.1) is 0 Å². The van der Waals surface area contributed by atoms with Gasteiger partial charge in [0.15, 0.2) is 15.8 Å². The van der Waals surface area contributed by atoms with Gasteiger partial charge in [-0.25, -0.2) is 8.42 Å². The van der Waals surface area contributed by atoms with Gasteiger partial charge in [-0.1, -0.05) is 0 Å². The third-order valence-electron chi connectivity index (χ3n) is 3.69. The van der Waals surface area contributed by atoms with Crippen LogP contribution >= 0.6 is 0 Å². The summed E-state index contributed by atoms with van der Waals surface area (Å²) < 4.78 is 29.0. The second-order valence-electron chi connectivity index (χ2n) is 6.51. The summed E-state index contributed by atoms with van der Waals surface area (Å²) in [4.78, 5) is 6.65. The van der Waals surface area contributed by atoms with Gasteiger partial charge in [0.25, 0.3) is 0 Å². The number of aliphatic imine (C=N–C) groups is 1. The van der Waals surface area contributed by atoms with Crippen molar-refractivity contribution in [1.82, 2.24) is 10.2 Å². The summed E-state index contributed by atoms with van der Waals surface area (Å²) in [7, 11) is -3.03. The monoisotopic (exact) mass is 333 g/mol. The Morgan fingerprint density at radius 3 is 2.64 bits per heavy atom. The normalized spacial score (nSPS) is 21.2. The van der Waals surface area contributed by atoms with E-state index in [1.807, 2.05) is 25.7 Å². The van der Waals surface area contributed by atoms with E-state index in [0.717, 1.165) is 18.9 Å². The summed E-state index contributed by atoms with van der Waals surface area (Å²) in [6.07, 6.45) is 1.10. The van der Waals surface area contributed by atoms with Gasteiger partial charge in [-0.05, 0) is 41.0 Å². The number of guanidine groups is 1. The fourth-order valence-electron chi connectivity index (χ4n) is 2.32. The van der Waals surface area contributed by atoms with Crippen LogP contribution in [0.3, 0.4) is 0 Å². The molecule has 1 N–H and O–H groups in total. The second kappa shape index (κ2) is 8.15. The number of hydrogen-bond acceptors (Lipinski definition) is 4. The largest absolute Gasteiger partial charge is 0.379 e. The van der Waals surface area contributed by atoms with Crippen molar-refractivity contribution < 1.29 is 13.2 Å². The van der Waals surface area contributed by atoms with Gasteiger partial charge in [-0.2, -0.15) is 0 Å². The molecule has 0 aromatic rings. The Morgan fingerprint density at radius 2 is 2.09 bits per heavy atom. The smallest absolute Gasteiger partial charge is 0.193 e. The van der Waals surface area contributed by atoms with E-state index in [4.69, 9.17) is 4.74 Å². The summed E-state index contributed by atoms with van der Waals surface area (Å²) in [5.74, 6) is 0.982. The highest BCUT2D eigenvalue weighted by Crippen LogP contribution is 2.23. The molecule has 0 spiro atoms. The third kappa shape index (κ3) is 5.43. The van der Waals surface area contributed by atoms with E-state index in [1.54, 1.807) is 13.8 Å². The molecule has 7 heteroatoms. The van der Waals surface area contributed by atoms with Gasteiger partial charge in [0.1, 0.15) is 0 Å². The molecule has 1 aliphatic heterocycles. The van der Waals surface area contributed by atoms with Crippen LogP contribution in [0.15, 0.2) is 4.99 Å². The van der Waals surface area contributed by atoms with Crippen molar-refractivity contribution in [2.45, 2.75) is 51.9 Å². The molecule has 6 nitrogen and oxygen atoms in total. The van der Waals surface area contributed by atoms with Crippen molar-refractivity contribution in [2.75, 3.05) is 38.5 Å². The van der Waals surface area contributed by atoms with E-state index in [2.05, 4.69) is 10.3 Å². The number of nitrogens with zero attached hydrogens (tertiary/aromatic N) is 2. The molecule has 1 aliphatic rings. The van der Waals surface area contributed by atoms with Crippen molar-refractivity contribution in [3.05, 3.63) is 0 Å². The standard InChI is InChI=1S/C15H31N3O3S/c1-6-16-14(17-8-7-10-21-13(2)3)18-9-11-22(19,20)15(4,5)12-18/h13H,6-12H2,1-5H3,(H,16,17). The Hall–Kier alpha value is -0.820. The quantitative estimate of drug-likeness (QED) is 0.450. The van der Waals surface area contributed by atoms with E-state index < -0.39 is 14.6 Å². The summed E-state index contributed by atoms with van der Waals surface area (Å²) in [6.45, 7) is 12.7. The first-order valence-corrected chi connectivity index (χ1v) is 9.72. The molecule has 22 heavy (non-hydrogen) atoms. The first kappa shape index (κ1) is 19.2. The van der Waals surface area contributed by atoms with Crippen LogP contribution in [0.4, 0.5) is 0 Å². The highest BCUT2D eigenvalue weighted by Gasteiger charge is 2.40. The van der Waals surface area contributed by atoms with Gasteiger partial charge in [-0.15, -0.1) is 0 Å². The van der Waals surface area contributed by atoms with Gasteiger partial charge in [0.05, 0.1) is 16.6 Å². The molecule has 0 saturated carbocycles. The lowest BCUT2D eigenvalue weighted by molar-refractivity contribution is 0.0782. The van der Waals surface area contributed by atoms with E-state index in [1.165, 1.54) is 0 Å². The number of nitrogens with one attached hydrogen (secondary N) is 1. The zero-order valence-electron chi connectivity index (χ0n) is 14.6. The molecule has 130 valence electrons. The molecular weight excluding hydrogens is 302 g/mol. The maximum Gasteiger partial charge on any atom is 0.193 e. The van der Waals surface area contributed by atoms with Crippen molar-refractivity contribution in [2.24, 2.45) is 4.99 Å². The molecule has 0 unspecified atom stereocenters. The van der Waals surface area contributed by atoms with Crippen LogP contribution in [0.1, 0.15) is 41.0 Å². The lowest BCUT2D eigenvalue weighted by atomic mass is 10.2. The molecule has 0 radical (unpaired) electrons. The lowest BCUT2D eigenvalue weighted by Gasteiger charge is -2.39. The molecule has 0 bridgehead atoms. The molecule has 0 aromatic heterocycles. The lowest BCUT2D eigenvalue weighted by Crippen LogP contribution is -2.57. The zero-order valence-corrected chi connectivity index (χ0v) is 15.4. The molecule has 0 aromatic carbocycles. The Morgan fingerprint density at radius 1 is 1.41 bits per heavy atom. The van der Waals surface area contributed by atoms with Crippen LogP contribution in [-0.4, -0.2) is 68.7 Å². The van der Waals surface area contributed by atoms with Crippen LogP contribution in [-0.2, 0) is 14.6 Å². The Bertz CT molecular complexity index is 472. The molecule has 1 heterocycles. The number of rotatable bonds is 6. The van der Waals surface area contributed by atoms with Crippen LogP contribution in [0.2, 0.25) is 0 Å². The fraction of sp³-hybridized carbons (Fsp3) is 0.933. The number of ether oxygens (including phenoxy) is 1. The maximum atomic E-state index is 12.1. The molecule has 0 aliphatic carbocycles. The topological polar surface area (TPSA) is 71.0 Å². The van der Waals surface area contributed by atoms with Gasteiger partial charge >= 0.3 is 0 Å². The summed E-state index contributed by atoms with van der Waals surface area (Å²) in [5.41, 5.74) is 0. The average molecular weight is 333 g/mol. The second-order valence-corrected chi connectivity index (χ2v) is 9.25. The molecule has 0 amide bonds. The predicted molar refractivity (Wildman–Crippen MR) is 91.1 cm³/mol. The van der Waals surface area contributed by atoms with Crippen LogP contribution in [0.5, 0.6) is 0 Å². The van der Waals surface area contributed by atoms with Crippen molar-refractivity contribution in [1.29, 1.82) is 0 Å². The summed E-state index contributed by atoms with van der Waals surface area (Å²) >= 11 is 0. The minimum absolute atomic E-state index is 0.181. The number of sulfone groups is 1. The fourth-order valence-corrected chi connectivity index (χ4v) is 3.68. The van der Waals surface area contributed by atoms with Gasteiger partial charge in [-0.3, -0.25) is 4.99 Å². The van der Waals surface area contributed by atoms with E-state index in [9.17, 15) is 8.42 Å². The van der Waals surface area contributed by atoms with Gasteiger partial charge in [0.2, 0.25) is 0 Å². The minimum atomic E-state index is -3.03. The zero-order chi connectivity index (χ0) is 16.8. The Balaban J connectivity index is 2.63. The van der Waals surface area contributed by atoms with E-state index in [-0.39, 0.29) is 11.9 Å². The highest BCUT2D eigenvalue weighted by molar-refractivity contribution is 7.92. The van der Waals surface area contributed by atoms with Crippen LogP contribution in [0.25, 0.3) is 0 Å². The van der Waals surface area contributed by atoms with Crippen molar-refractivity contribution in [3.63, 3.8) is 0 Å². The summed E-state index contributed by atoms with van der Waals surface area (Å²) in [6, 6.07) is 0. The predicted octanol–water partition coefficient (Wildman–Crippen LogP) is 1.28. The molecular formula is C15H31N3O3S. The first-order valence-electron chi connectivity index (χ1n) is 8.07. The molecule has 1 fully saturated rings. The summed E-state index contributed by atoms with van der Waals surface area (Å²) in [5, 5.41) is 3.26. The first-order chi connectivity index (χ1) is 10.2. The molecule has 0 atom stereocenters. The third-order valence-corrected chi connectivity index (χ3v) is 6.23. The molecule has 1 rings (SSSR count). The number of hydrogen-bond donors (Lipinski definition) is 1. The Labute approximate surface area is 135 Å². The van der Waals surface area contributed by atoms with Crippen molar-refractivity contribution >= 4 is 15.8 Å². The van der Waals surface area contributed by atoms with Crippen LogP contribution < -0.4 is 5.32 Å². The average Bonchev–Trinajstić information content (AvgIpc) is 2.40. The van der Waals surface area contributed by atoms with Crippen molar-refractivity contribution in [3.8, 4) is 0 Å². The van der Waals surface area contributed by atoms with E-state index in [0.29, 0.717) is 26.2 Å². The minimum Gasteiger partial charge on any atom is -0.379 e. The van der Waals surface area contributed by atoms with Gasteiger partial charge < -0.3 is 15.0 Å². The maximum absolute atomic E-state index is 12.1. The van der Waals surface area contributed by atoms with Gasteiger partial charge in [0, 0.05) is 32.8 Å².